The number of anilines is 1. The van der Waals surface area contributed by atoms with Crippen molar-refractivity contribution in [2.45, 2.75) is 13.0 Å². The van der Waals surface area contributed by atoms with Crippen LogP contribution in [0.4, 0.5) is 10.1 Å². The molecule has 28 heavy (non-hydrogen) atoms. The fraction of sp³-hybridized carbons (Fsp3) is 0.0870. The number of nitrogens with zero attached hydrogens (tertiary/aromatic N) is 1. The number of aromatic hydroxyl groups is 1. The van der Waals surface area contributed by atoms with E-state index in [0.29, 0.717) is 16.1 Å². The lowest BCUT2D eigenvalue weighted by Crippen LogP contribution is -2.13. The van der Waals surface area contributed by atoms with Gasteiger partial charge in [-0.05, 0) is 55.0 Å². The van der Waals surface area contributed by atoms with Gasteiger partial charge in [0.15, 0.2) is 0 Å². The van der Waals surface area contributed by atoms with Crippen LogP contribution in [-0.2, 0) is 0 Å². The molecule has 0 spiro atoms. The SMILES string of the molecule is Cc1ccc2ccc(C(Nc3ccc(Cl)cc3)c3ccc(F)cc3)c(O)c2n1. The number of benzene rings is 3. The summed E-state index contributed by atoms with van der Waals surface area (Å²) in [7, 11) is 0. The number of nitrogens with one attached hydrogen (secondary N) is 1. The molecule has 1 heterocycles. The Hall–Kier alpha value is -3.11. The highest BCUT2D eigenvalue weighted by atomic mass is 35.5. The fourth-order valence-electron chi connectivity index (χ4n) is 3.23. The standard InChI is InChI=1S/C23H18ClFN2O/c1-14-2-3-16-6-13-20(23(28)22(16)26-14)21(15-4-9-18(25)10-5-15)27-19-11-7-17(24)8-12-19/h2-13,21,27-28H,1H3. The average molecular weight is 393 g/mol. The maximum absolute atomic E-state index is 13.5. The summed E-state index contributed by atoms with van der Waals surface area (Å²) in [6.45, 7) is 1.88. The normalized spacial score (nSPS) is 12.1. The Balaban J connectivity index is 1.84. The maximum Gasteiger partial charge on any atom is 0.147 e. The van der Waals surface area contributed by atoms with Crippen molar-refractivity contribution in [3.05, 3.63) is 100 Å². The van der Waals surface area contributed by atoms with E-state index in [0.717, 1.165) is 22.3 Å². The van der Waals surface area contributed by atoms with Crippen molar-refractivity contribution in [3.63, 3.8) is 0 Å². The molecule has 4 rings (SSSR count). The van der Waals surface area contributed by atoms with Crippen molar-refractivity contribution >= 4 is 28.2 Å². The Kier molecular flexibility index (Phi) is 4.88. The predicted octanol–water partition coefficient (Wildman–Crippen LogP) is 6.24. The Morgan fingerprint density at radius 1 is 0.929 bits per heavy atom. The second-order valence-electron chi connectivity index (χ2n) is 6.66. The van der Waals surface area contributed by atoms with Gasteiger partial charge in [-0.25, -0.2) is 9.37 Å². The number of aromatic nitrogens is 1. The number of phenols is 1. The highest BCUT2D eigenvalue weighted by molar-refractivity contribution is 6.30. The van der Waals surface area contributed by atoms with Gasteiger partial charge >= 0.3 is 0 Å². The molecule has 0 aliphatic rings. The Morgan fingerprint density at radius 2 is 1.61 bits per heavy atom. The van der Waals surface area contributed by atoms with E-state index in [1.807, 2.05) is 43.3 Å². The molecule has 3 aromatic carbocycles. The fourth-order valence-corrected chi connectivity index (χ4v) is 3.35. The monoisotopic (exact) mass is 392 g/mol. The van der Waals surface area contributed by atoms with Gasteiger partial charge in [0.1, 0.15) is 17.1 Å². The largest absolute Gasteiger partial charge is 0.505 e. The minimum Gasteiger partial charge on any atom is -0.505 e. The van der Waals surface area contributed by atoms with Crippen LogP contribution >= 0.6 is 11.6 Å². The van der Waals surface area contributed by atoms with Crippen molar-refractivity contribution in [3.8, 4) is 5.75 Å². The second kappa shape index (κ2) is 7.49. The third-order valence-electron chi connectivity index (χ3n) is 4.68. The molecular formula is C23H18ClFN2O. The molecule has 0 saturated heterocycles. The van der Waals surface area contributed by atoms with Crippen LogP contribution in [-0.4, -0.2) is 10.1 Å². The van der Waals surface area contributed by atoms with E-state index in [-0.39, 0.29) is 11.6 Å². The van der Waals surface area contributed by atoms with Gasteiger partial charge in [0.05, 0.1) is 6.04 Å². The van der Waals surface area contributed by atoms with Gasteiger partial charge in [0.2, 0.25) is 0 Å². The minimum atomic E-state index is -0.395. The summed E-state index contributed by atoms with van der Waals surface area (Å²) in [4.78, 5) is 4.49. The Labute approximate surface area is 167 Å². The molecule has 1 atom stereocenters. The summed E-state index contributed by atoms with van der Waals surface area (Å²) < 4.78 is 13.5. The smallest absolute Gasteiger partial charge is 0.147 e. The third kappa shape index (κ3) is 3.64. The lowest BCUT2D eigenvalue weighted by molar-refractivity contribution is 0.471. The van der Waals surface area contributed by atoms with Gasteiger partial charge in [0, 0.05) is 27.4 Å². The van der Waals surface area contributed by atoms with Crippen LogP contribution in [0.5, 0.6) is 5.75 Å². The van der Waals surface area contributed by atoms with E-state index >= 15 is 0 Å². The van der Waals surface area contributed by atoms with Crippen LogP contribution in [0, 0.1) is 12.7 Å². The summed E-state index contributed by atoms with van der Waals surface area (Å²) in [5.74, 6) is -0.203. The first-order valence-corrected chi connectivity index (χ1v) is 9.26. The summed E-state index contributed by atoms with van der Waals surface area (Å²) in [5, 5.41) is 15.9. The molecule has 0 amide bonds. The van der Waals surface area contributed by atoms with Gasteiger partial charge in [-0.3, -0.25) is 0 Å². The molecule has 0 aliphatic carbocycles. The van der Waals surface area contributed by atoms with Gasteiger partial charge in [-0.2, -0.15) is 0 Å². The van der Waals surface area contributed by atoms with Crippen LogP contribution < -0.4 is 5.32 Å². The summed E-state index contributed by atoms with van der Waals surface area (Å²) in [6.07, 6.45) is 0. The van der Waals surface area contributed by atoms with Crippen molar-refractivity contribution < 1.29 is 9.50 Å². The molecule has 0 bridgehead atoms. The number of phenolic OH excluding ortho intramolecular Hbond substituents is 1. The first-order chi connectivity index (χ1) is 13.5. The minimum absolute atomic E-state index is 0.108. The topological polar surface area (TPSA) is 45.1 Å². The number of fused-ring (bicyclic) bond motifs is 1. The number of hydrogen-bond donors (Lipinski definition) is 2. The van der Waals surface area contributed by atoms with E-state index < -0.39 is 6.04 Å². The molecule has 140 valence electrons. The molecule has 2 N–H and O–H groups in total. The second-order valence-corrected chi connectivity index (χ2v) is 7.10. The highest BCUT2D eigenvalue weighted by Gasteiger charge is 2.20. The van der Waals surface area contributed by atoms with E-state index in [1.165, 1.54) is 12.1 Å². The van der Waals surface area contributed by atoms with Gasteiger partial charge < -0.3 is 10.4 Å². The maximum atomic E-state index is 13.5. The Bertz CT molecular complexity index is 1130. The predicted molar refractivity (Wildman–Crippen MR) is 111 cm³/mol. The number of pyridine rings is 1. The van der Waals surface area contributed by atoms with E-state index in [2.05, 4.69) is 10.3 Å². The molecule has 0 fully saturated rings. The summed E-state index contributed by atoms with van der Waals surface area (Å²) in [5.41, 5.74) is 3.67. The summed E-state index contributed by atoms with van der Waals surface area (Å²) in [6, 6.07) is 20.8. The van der Waals surface area contributed by atoms with E-state index in [9.17, 15) is 9.50 Å². The highest BCUT2D eigenvalue weighted by Crippen LogP contribution is 2.36. The van der Waals surface area contributed by atoms with Gasteiger partial charge in [-0.1, -0.05) is 41.9 Å². The van der Waals surface area contributed by atoms with Crippen LogP contribution in [0.1, 0.15) is 22.9 Å². The number of hydrogen-bond acceptors (Lipinski definition) is 3. The van der Waals surface area contributed by atoms with Crippen molar-refractivity contribution in [1.29, 1.82) is 0 Å². The first-order valence-electron chi connectivity index (χ1n) is 8.88. The molecule has 1 aromatic heterocycles. The number of rotatable bonds is 4. The number of halogens is 2. The lowest BCUT2D eigenvalue weighted by Gasteiger charge is -2.22. The summed E-state index contributed by atoms with van der Waals surface area (Å²) >= 11 is 5.99. The van der Waals surface area contributed by atoms with Crippen molar-refractivity contribution in [2.24, 2.45) is 0 Å². The first kappa shape index (κ1) is 18.3. The zero-order valence-corrected chi connectivity index (χ0v) is 15.9. The molecule has 3 nitrogen and oxygen atoms in total. The third-order valence-corrected chi connectivity index (χ3v) is 4.93. The zero-order valence-electron chi connectivity index (χ0n) is 15.2. The van der Waals surface area contributed by atoms with Crippen LogP contribution in [0.15, 0.2) is 72.8 Å². The van der Waals surface area contributed by atoms with Crippen molar-refractivity contribution in [1.82, 2.24) is 4.98 Å². The quantitative estimate of drug-likeness (QED) is 0.432. The Morgan fingerprint density at radius 3 is 2.32 bits per heavy atom. The van der Waals surface area contributed by atoms with E-state index in [4.69, 9.17) is 11.6 Å². The van der Waals surface area contributed by atoms with E-state index in [1.54, 1.807) is 24.3 Å². The molecule has 4 aromatic rings. The van der Waals surface area contributed by atoms with Crippen LogP contribution in [0.2, 0.25) is 5.02 Å². The number of aryl methyl sites for hydroxylation is 1. The molecular weight excluding hydrogens is 375 g/mol. The van der Waals surface area contributed by atoms with Gasteiger partial charge in [-0.15, -0.1) is 0 Å². The molecule has 0 aliphatic heterocycles. The van der Waals surface area contributed by atoms with Crippen LogP contribution in [0.3, 0.4) is 0 Å². The average Bonchev–Trinajstić information content (AvgIpc) is 2.70. The molecule has 1 unspecified atom stereocenters. The van der Waals surface area contributed by atoms with Gasteiger partial charge in [0.25, 0.3) is 0 Å². The molecule has 5 heteroatoms. The van der Waals surface area contributed by atoms with Crippen LogP contribution in [0.25, 0.3) is 10.9 Å². The zero-order chi connectivity index (χ0) is 19.7. The van der Waals surface area contributed by atoms with Crippen molar-refractivity contribution in [2.75, 3.05) is 5.32 Å². The lowest BCUT2D eigenvalue weighted by atomic mass is 9.96. The molecule has 0 radical (unpaired) electrons. The molecule has 0 saturated carbocycles.